The number of fused-ring (bicyclic) bond motifs is 1. The summed E-state index contributed by atoms with van der Waals surface area (Å²) in [4.78, 5) is 15.1. The summed E-state index contributed by atoms with van der Waals surface area (Å²) in [5, 5.41) is 3.02. The molecule has 4 heteroatoms. The van der Waals surface area contributed by atoms with E-state index < -0.39 is 0 Å². The zero-order chi connectivity index (χ0) is 21.6. The molecular formula is C27H30N2O2. The highest BCUT2D eigenvalue weighted by atomic mass is 16.5. The number of para-hydroxylation sites is 1. The molecule has 0 saturated carbocycles. The Morgan fingerprint density at radius 1 is 1.00 bits per heavy atom. The van der Waals surface area contributed by atoms with Crippen molar-refractivity contribution < 1.29 is 9.53 Å². The molecule has 1 aliphatic rings. The van der Waals surface area contributed by atoms with Crippen LogP contribution in [0.15, 0.2) is 72.8 Å². The summed E-state index contributed by atoms with van der Waals surface area (Å²) in [6.07, 6.45) is 1.10. The van der Waals surface area contributed by atoms with Crippen LogP contribution in [0.1, 0.15) is 39.5 Å². The molecule has 0 unspecified atom stereocenters. The Morgan fingerprint density at radius 2 is 1.71 bits per heavy atom. The van der Waals surface area contributed by atoms with Gasteiger partial charge in [0, 0.05) is 25.2 Å². The number of nitrogens with zero attached hydrogens (tertiary/aromatic N) is 1. The zero-order valence-corrected chi connectivity index (χ0v) is 18.3. The first-order valence-electron chi connectivity index (χ1n) is 11.0. The number of carbonyl (C=O) groups is 1. The monoisotopic (exact) mass is 414 g/mol. The van der Waals surface area contributed by atoms with Crippen molar-refractivity contribution in [2.75, 3.05) is 13.2 Å². The number of benzene rings is 3. The fourth-order valence-corrected chi connectivity index (χ4v) is 3.99. The maximum atomic E-state index is 12.6. The van der Waals surface area contributed by atoms with Crippen molar-refractivity contribution in [3.8, 4) is 5.75 Å². The first-order chi connectivity index (χ1) is 15.1. The second-order valence-corrected chi connectivity index (χ2v) is 8.38. The number of ether oxygens (including phenoxy) is 1. The van der Waals surface area contributed by atoms with Gasteiger partial charge in [0.05, 0.1) is 6.04 Å². The van der Waals surface area contributed by atoms with E-state index in [0.29, 0.717) is 12.2 Å². The number of aryl methyl sites for hydroxylation is 1. The van der Waals surface area contributed by atoms with Gasteiger partial charge >= 0.3 is 0 Å². The van der Waals surface area contributed by atoms with E-state index in [-0.39, 0.29) is 11.9 Å². The van der Waals surface area contributed by atoms with E-state index in [1.165, 1.54) is 16.7 Å². The number of hydrogen-bond acceptors (Lipinski definition) is 3. The molecule has 0 fully saturated rings. The topological polar surface area (TPSA) is 41.6 Å². The molecular weight excluding hydrogens is 384 g/mol. The highest BCUT2D eigenvalue weighted by molar-refractivity contribution is 5.94. The van der Waals surface area contributed by atoms with E-state index in [1.807, 2.05) is 50.2 Å². The largest absolute Gasteiger partial charge is 0.491 e. The third-order valence-electron chi connectivity index (χ3n) is 5.79. The summed E-state index contributed by atoms with van der Waals surface area (Å²) in [6, 6.07) is 24.5. The van der Waals surface area contributed by atoms with Crippen molar-refractivity contribution in [2.45, 2.75) is 39.4 Å². The minimum atomic E-state index is -0.0831. The molecule has 0 saturated heterocycles. The Balaban J connectivity index is 1.27. The molecule has 4 rings (SSSR count). The lowest BCUT2D eigenvalue weighted by Gasteiger charge is -2.28. The van der Waals surface area contributed by atoms with Gasteiger partial charge < -0.3 is 10.1 Å². The molecule has 0 radical (unpaired) electrons. The van der Waals surface area contributed by atoms with Gasteiger partial charge in [-0.05, 0) is 60.7 Å². The molecule has 0 bridgehead atoms. The predicted octanol–water partition coefficient (Wildman–Crippen LogP) is 4.75. The number of amides is 1. The van der Waals surface area contributed by atoms with Gasteiger partial charge in [0.25, 0.3) is 5.91 Å². The van der Waals surface area contributed by atoms with Crippen LogP contribution in [0.5, 0.6) is 5.75 Å². The average Bonchev–Trinajstić information content (AvgIpc) is 2.79. The van der Waals surface area contributed by atoms with Gasteiger partial charge in [-0.15, -0.1) is 0 Å². The molecule has 1 atom stereocenters. The molecule has 1 amide bonds. The highest BCUT2D eigenvalue weighted by Crippen LogP contribution is 2.20. The first-order valence-corrected chi connectivity index (χ1v) is 11.0. The minimum Gasteiger partial charge on any atom is -0.491 e. The molecule has 1 aliphatic heterocycles. The Kier molecular flexibility index (Phi) is 6.68. The van der Waals surface area contributed by atoms with Crippen molar-refractivity contribution in [2.24, 2.45) is 0 Å². The van der Waals surface area contributed by atoms with E-state index in [1.54, 1.807) is 0 Å². The Morgan fingerprint density at radius 3 is 2.48 bits per heavy atom. The van der Waals surface area contributed by atoms with Crippen LogP contribution >= 0.6 is 0 Å². The normalized spacial score (nSPS) is 14.5. The van der Waals surface area contributed by atoms with Crippen molar-refractivity contribution in [1.29, 1.82) is 0 Å². The Labute approximate surface area is 184 Å². The first kappa shape index (κ1) is 21.1. The minimum absolute atomic E-state index is 0.0701. The van der Waals surface area contributed by atoms with Crippen LogP contribution in [0.3, 0.4) is 0 Å². The van der Waals surface area contributed by atoms with E-state index in [0.717, 1.165) is 37.4 Å². The molecule has 1 N–H and O–H groups in total. The number of rotatable bonds is 7. The van der Waals surface area contributed by atoms with Gasteiger partial charge in [-0.2, -0.15) is 0 Å². The molecule has 31 heavy (non-hydrogen) atoms. The lowest BCUT2D eigenvalue weighted by molar-refractivity contribution is 0.0926. The fraction of sp³-hybridized carbons (Fsp3) is 0.296. The van der Waals surface area contributed by atoms with Crippen molar-refractivity contribution in [3.05, 3.63) is 101 Å². The van der Waals surface area contributed by atoms with Crippen LogP contribution in [0.2, 0.25) is 0 Å². The Hall–Kier alpha value is -3.11. The Bertz CT molecular complexity index is 1030. The maximum absolute atomic E-state index is 12.6. The molecule has 3 aromatic rings. The summed E-state index contributed by atoms with van der Waals surface area (Å²) < 4.78 is 5.84. The quantitative estimate of drug-likeness (QED) is 0.607. The maximum Gasteiger partial charge on any atom is 0.251 e. The van der Waals surface area contributed by atoms with Crippen molar-refractivity contribution in [3.63, 3.8) is 0 Å². The molecule has 4 nitrogen and oxygen atoms in total. The van der Waals surface area contributed by atoms with E-state index >= 15 is 0 Å². The van der Waals surface area contributed by atoms with Crippen molar-refractivity contribution >= 4 is 5.91 Å². The molecule has 1 heterocycles. The second-order valence-electron chi connectivity index (χ2n) is 8.38. The van der Waals surface area contributed by atoms with Crippen LogP contribution in [0, 0.1) is 6.92 Å². The summed E-state index contributed by atoms with van der Waals surface area (Å²) in [5.74, 6) is 0.785. The SMILES string of the molecule is Cc1ccccc1OC[C@H](C)NC(=O)c1ccc(CN2CCc3ccccc3C2)cc1. The summed E-state index contributed by atoms with van der Waals surface area (Å²) in [5.41, 5.74) is 5.88. The standard InChI is InChI=1S/C27H30N2O2/c1-20-7-3-6-10-26(20)31-19-21(2)28-27(30)24-13-11-22(12-14-24)17-29-16-15-23-8-4-5-9-25(23)18-29/h3-14,21H,15-19H2,1-2H3,(H,28,30)/t21-/m0/s1. The van der Waals surface area contributed by atoms with E-state index in [2.05, 4.69) is 46.6 Å². The predicted molar refractivity (Wildman–Crippen MR) is 124 cm³/mol. The van der Waals surface area contributed by atoms with Gasteiger partial charge in [-0.1, -0.05) is 54.6 Å². The molecule has 0 spiro atoms. The molecule has 0 aliphatic carbocycles. The molecule has 160 valence electrons. The molecule has 0 aromatic heterocycles. The average molecular weight is 415 g/mol. The van der Waals surface area contributed by atoms with Gasteiger partial charge in [0.1, 0.15) is 12.4 Å². The van der Waals surface area contributed by atoms with Crippen LogP contribution in [-0.4, -0.2) is 30.0 Å². The van der Waals surface area contributed by atoms with Gasteiger partial charge in [-0.3, -0.25) is 9.69 Å². The smallest absolute Gasteiger partial charge is 0.251 e. The second kappa shape index (κ2) is 9.80. The van der Waals surface area contributed by atoms with E-state index in [9.17, 15) is 4.79 Å². The third-order valence-corrected chi connectivity index (χ3v) is 5.79. The number of nitrogens with one attached hydrogen (secondary N) is 1. The lowest BCUT2D eigenvalue weighted by atomic mass is 9.99. The summed E-state index contributed by atoms with van der Waals surface area (Å²) >= 11 is 0. The summed E-state index contributed by atoms with van der Waals surface area (Å²) in [6.45, 7) is 7.36. The van der Waals surface area contributed by atoms with Gasteiger partial charge in [-0.25, -0.2) is 0 Å². The van der Waals surface area contributed by atoms with Gasteiger partial charge in [0.15, 0.2) is 0 Å². The highest BCUT2D eigenvalue weighted by Gasteiger charge is 2.16. The lowest BCUT2D eigenvalue weighted by Crippen LogP contribution is -2.36. The zero-order valence-electron chi connectivity index (χ0n) is 18.3. The fourth-order valence-electron chi connectivity index (χ4n) is 3.99. The van der Waals surface area contributed by atoms with Crippen LogP contribution in [0.4, 0.5) is 0 Å². The number of carbonyl (C=O) groups excluding carboxylic acids is 1. The van der Waals surface area contributed by atoms with Crippen LogP contribution in [-0.2, 0) is 19.5 Å². The van der Waals surface area contributed by atoms with Crippen molar-refractivity contribution in [1.82, 2.24) is 10.2 Å². The third kappa shape index (κ3) is 5.53. The van der Waals surface area contributed by atoms with E-state index in [4.69, 9.17) is 4.74 Å². The van der Waals surface area contributed by atoms with Crippen LogP contribution in [0.25, 0.3) is 0 Å². The summed E-state index contributed by atoms with van der Waals surface area (Å²) in [7, 11) is 0. The van der Waals surface area contributed by atoms with Crippen LogP contribution < -0.4 is 10.1 Å². The number of hydrogen-bond donors (Lipinski definition) is 1. The molecule has 3 aromatic carbocycles. The van der Waals surface area contributed by atoms with Gasteiger partial charge in [0.2, 0.25) is 0 Å².